The average molecular weight is 405 g/mol. The molecule has 0 bridgehead atoms. The van der Waals surface area contributed by atoms with Gasteiger partial charge < -0.3 is 15.2 Å². The standard InChI is InChI=1S/C22H19N3O5/c1-13-18(21(28)30-2)19(16-7-3-14(11-23)4-8-16)24-22(29)25(13)12-15-5-9-17(10-6-15)20(26)27/h3-10,19H,12H2,1-2H3,(H,24,29)(H,26,27). The van der Waals surface area contributed by atoms with Crippen molar-refractivity contribution in [2.45, 2.75) is 19.5 Å². The zero-order valence-electron chi connectivity index (χ0n) is 16.4. The number of nitrogens with zero attached hydrogens (tertiary/aromatic N) is 2. The van der Waals surface area contributed by atoms with E-state index in [2.05, 4.69) is 5.32 Å². The second-order valence-corrected chi connectivity index (χ2v) is 6.70. The molecule has 2 aromatic rings. The minimum absolute atomic E-state index is 0.144. The number of carboxylic acids is 1. The van der Waals surface area contributed by atoms with E-state index in [1.165, 1.54) is 24.1 Å². The number of hydrogen-bond donors (Lipinski definition) is 2. The maximum Gasteiger partial charge on any atom is 0.337 e. The minimum Gasteiger partial charge on any atom is -0.478 e. The third-order valence-corrected chi connectivity index (χ3v) is 4.92. The second kappa shape index (κ2) is 8.49. The Morgan fingerprint density at radius 1 is 1.17 bits per heavy atom. The highest BCUT2D eigenvalue weighted by atomic mass is 16.5. The molecule has 0 fully saturated rings. The molecule has 1 heterocycles. The number of benzene rings is 2. The molecule has 30 heavy (non-hydrogen) atoms. The van der Waals surface area contributed by atoms with E-state index in [1.807, 2.05) is 6.07 Å². The van der Waals surface area contributed by atoms with Crippen molar-refractivity contribution < 1.29 is 24.2 Å². The first kappa shape index (κ1) is 20.6. The fraction of sp³-hybridized carbons (Fsp3) is 0.182. The van der Waals surface area contributed by atoms with Crippen LogP contribution in [-0.2, 0) is 16.1 Å². The number of carboxylic acid groups (broad SMARTS) is 1. The Labute approximate surface area is 173 Å². The van der Waals surface area contributed by atoms with Crippen molar-refractivity contribution in [3.63, 3.8) is 0 Å². The van der Waals surface area contributed by atoms with Crippen molar-refractivity contribution in [1.82, 2.24) is 10.2 Å². The number of nitrogens with one attached hydrogen (secondary N) is 1. The van der Waals surface area contributed by atoms with Gasteiger partial charge in [0.2, 0.25) is 0 Å². The van der Waals surface area contributed by atoms with Crippen LogP contribution in [0.5, 0.6) is 0 Å². The molecule has 0 saturated heterocycles. The normalized spacial score (nSPS) is 16.0. The van der Waals surface area contributed by atoms with Crippen LogP contribution < -0.4 is 5.32 Å². The highest BCUT2D eigenvalue weighted by Crippen LogP contribution is 2.32. The molecule has 2 aromatic carbocycles. The lowest BCUT2D eigenvalue weighted by Gasteiger charge is -2.35. The number of allylic oxidation sites excluding steroid dienone is 1. The number of hydrogen-bond acceptors (Lipinski definition) is 5. The molecular formula is C22H19N3O5. The predicted octanol–water partition coefficient (Wildman–Crippen LogP) is 2.97. The van der Waals surface area contributed by atoms with Gasteiger partial charge in [0.05, 0.1) is 42.5 Å². The lowest BCUT2D eigenvalue weighted by molar-refractivity contribution is -0.136. The number of carbonyl (C=O) groups excluding carboxylic acids is 2. The van der Waals surface area contributed by atoms with Gasteiger partial charge in [-0.05, 0) is 42.3 Å². The molecule has 1 aliphatic rings. The number of amides is 2. The molecule has 2 N–H and O–H groups in total. The molecule has 3 rings (SSSR count). The second-order valence-electron chi connectivity index (χ2n) is 6.70. The molecule has 1 aliphatic heterocycles. The number of methoxy groups -OCH3 is 1. The number of nitriles is 1. The molecule has 1 unspecified atom stereocenters. The highest BCUT2D eigenvalue weighted by molar-refractivity contribution is 5.95. The van der Waals surface area contributed by atoms with E-state index >= 15 is 0 Å². The summed E-state index contributed by atoms with van der Waals surface area (Å²) in [7, 11) is 1.27. The first-order valence-electron chi connectivity index (χ1n) is 9.05. The van der Waals surface area contributed by atoms with Crippen LogP contribution in [0.4, 0.5) is 4.79 Å². The molecule has 1 atom stereocenters. The molecule has 0 aliphatic carbocycles. The molecule has 2 amide bonds. The number of aromatic carboxylic acids is 1. The van der Waals surface area contributed by atoms with E-state index in [4.69, 9.17) is 15.1 Å². The quantitative estimate of drug-likeness (QED) is 0.738. The molecular weight excluding hydrogens is 386 g/mol. The lowest BCUT2D eigenvalue weighted by Crippen LogP contribution is -2.47. The minimum atomic E-state index is -1.04. The topological polar surface area (TPSA) is 120 Å². The Hall–Kier alpha value is -4.12. The third-order valence-electron chi connectivity index (χ3n) is 4.92. The summed E-state index contributed by atoms with van der Waals surface area (Å²) in [6.45, 7) is 1.81. The summed E-state index contributed by atoms with van der Waals surface area (Å²) in [6, 6.07) is 13.6. The van der Waals surface area contributed by atoms with E-state index in [0.29, 0.717) is 22.4 Å². The number of rotatable bonds is 5. The van der Waals surface area contributed by atoms with Crippen LogP contribution in [0.1, 0.15) is 40.0 Å². The predicted molar refractivity (Wildman–Crippen MR) is 106 cm³/mol. The lowest BCUT2D eigenvalue weighted by atomic mass is 9.94. The summed E-state index contributed by atoms with van der Waals surface area (Å²) in [6.07, 6.45) is 0. The fourth-order valence-corrected chi connectivity index (χ4v) is 3.28. The van der Waals surface area contributed by atoms with Crippen LogP contribution >= 0.6 is 0 Å². The van der Waals surface area contributed by atoms with Crippen LogP contribution in [0.2, 0.25) is 0 Å². The van der Waals surface area contributed by atoms with Crippen molar-refractivity contribution in [1.29, 1.82) is 5.26 Å². The summed E-state index contributed by atoms with van der Waals surface area (Å²) in [5.41, 5.74) is 2.67. The van der Waals surface area contributed by atoms with Gasteiger partial charge in [-0.2, -0.15) is 5.26 Å². The van der Waals surface area contributed by atoms with Gasteiger partial charge in [-0.1, -0.05) is 24.3 Å². The van der Waals surface area contributed by atoms with Gasteiger partial charge in [0.25, 0.3) is 0 Å². The third kappa shape index (κ3) is 4.00. The smallest absolute Gasteiger partial charge is 0.337 e. The van der Waals surface area contributed by atoms with Gasteiger partial charge in [0.1, 0.15) is 0 Å². The number of esters is 1. The first-order chi connectivity index (χ1) is 14.3. The van der Waals surface area contributed by atoms with Gasteiger partial charge in [-0.3, -0.25) is 4.90 Å². The molecule has 0 spiro atoms. The van der Waals surface area contributed by atoms with Crippen molar-refractivity contribution in [2.24, 2.45) is 0 Å². The maximum absolute atomic E-state index is 12.8. The largest absolute Gasteiger partial charge is 0.478 e. The monoisotopic (exact) mass is 405 g/mol. The maximum atomic E-state index is 12.8. The van der Waals surface area contributed by atoms with Crippen LogP contribution in [0.3, 0.4) is 0 Å². The number of ether oxygens (including phenoxy) is 1. The molecule has 0 saturated carbocycles. The fourth-order valence-electron chi connectivity index (χ4n) is 3.28. The Balaban J connectivity index is 1.97. The van der Waals surface area contributed by atoms with Crippen LogP contribution in [-0.4, -0.2) is 35.1 Å². The van der Waals surface area contributed by atoms with Crippen LogP contribution in [0, 0.1) is 11.3 Å². The Morgan fingerprint density at radius 3 is 2.33 bits per heavy atom. The summed E-state index contributed by atoms with van der Waals surface area (Å²) in [5, 5.41) is 20.8. The van der Waals surface area contributed by atoms with E-state index in [-0.39, 0.29) is 17.7 Å². The molecule has 152 valence electrons. The Morgan fingerprint density at radius 2 is 1.80 bits per heavy atom. The zero-order valence-corrected chi connectivity index (χ0v) is 16.4. The molecule has 0 radical (unpaired) electrons. The van der Waals surface area contributed by atoms with Gasteiger partial charge >= 0.3 is 18.0 Å². The molecule has 8 heteroatoms. The Bertz CT molecular complexity index is 1070. The van der Waals surface area contributed by atoms with Crippen molar-refractivity contribution in [3.05, 3.63) is 82.1 Å². The van der Waals surface area contributed by atoms with E-state index in [1.54, 1.807) is 43.3 Å². The summed E-state index contributed by atoms with van der Waals surface area (Å²) >= 11 is 0. The van der Waals surface area contributed by atoms with Crippen molar-refractivity contribution in [3.8, 4) is 6.07 Å². The zero-order chi connectivity index (χ0) is 21.8. The summed E-state index contributed by atoms with van der Waals surface area (Å²) in [4.78, 5) is 37.8. The van der Waals surface area contributed by atoms with Gasteiger partial charge in [-0.15, -0.1) is 0 Å². The van der Waals surface area contributed by atoms with E-state index in [0.717, 1.165) is 0 Å². The van der Waals surface area contributed by atoms with E-state index in [9.17, 15) is 14.4 Å². The number of urea groups is 1. The number of carbonyl (C=O) groups is 3. The van der Waals surface area contributed by atoms with Crippen LogP contribution in [0.15, 0.2) is 59.8 Å². The molecule has 0 aromatic heterocycles. The average Bonchev–Trinajstić information content (AvgIpc) is 2.76. The SMILES string of the molecule is COC(=O)C1=C(C)N(Cc2ccc(C(=O)O)cc2)C(=O)NC1c1ccc(C#N)cc1. The Kier molecular flexibility index (Phi) is 5.83. The van der Waals surface area contributed by atoms with Crippen molar-refractivity contribution in [2.75, 3.05) is 7.11 Å². The summed E-state index contributed by atoms with van der Waals surface area (Å²) < 4.78 is 4.94. The molecule has 8 nitrogen and oxygen atoms in total. The van der Waals surface area contributed by atoms with Crippen LogP contribution in [0.25, 0.3) is 0 Å². The highest BCUT2D eigenvalue weighted by Gasteiger charge is 2.36. The van der Waals surface area contributed by atoms with Gasteiger partial charge in [0.15, 0.2) is 0 Å². The van der Waals surface area contributed by atoms with Gasteiger partial charge in [-0.25, -0.2) is 14.4 Å². The van der Waals surface area contributed by atoms with Crippen molar-refractivity contribution >= 4 is 18.0 Å². The van der Waals surface area contributed by atoms with Gasteiger partial charge in [0, 0.05) is 5.70 Å². The first-order valence-corrected chi connectivity index (χ1v) is 9.05. The summed E-state index contributed by atoms with van der Waals surface area (Å²) in [5.74, 6) is -1.61. The van der Waals surface area contributed by atoms with E-state index < -0.39 is 24.0 Å².